The summed E-state index contributed by atoms with van der Waals surface area (Å²) in [5.41, 5.74) is 0.694. The van der Waals surface area contributed by atoms with E-state index in [0.717, 1.165) is 4.88 Å². The van der Waals surface area contributed by atoms with Crippen LogP contribution in [-0.2, 0) is 4.79 Å². The van der Waals surface area contributed by atoms with E-state index >= 15 is 0 Å². The minimum absolute atomic E-state index is 0.164. The van der Waals surface area contributed by atoms with Crippen molar-refractivity contribution in [2.24, 2.45) is 0 Å². The van der Waals surface area contributed by atoms with Crippen LogP contribution < -0.4 is 15.4 Å². The maximum absolute atomic E-state index is 12.8. The summed E-state index contributed by atoms with van der Waals surface area (Å²) >= 11 is 2.79. The number of thiophene rings is 2. The van der Waals surface area contributed by atoms with Gasteiger partial charge in [-0.1, -0.05) is 24.3 Å². The molecule has 2 heterocycles. The van der Waals surface area contributed by atoms with Crippen molar-refractivity contribution in [3.8, 4) is 5.75 Å². The molecule has 26 heavy (non-hydrogen) atoms. The fourth-order valence-corrected chi connectivity index (χ4v) is 3.48. The molecule has 0 aliphatic rings. The van der Waals surface area contributed by atoms with Crippen LogP contribution in [0.4, 0.5) is 5.69 Å². The van der Waals surface area contributed by atoms with E-state index in [2.05, 4.69) is 10.6 Å². The number of rotatable bonds is 6. The second-order valence-electron chi connectivity index (χ2n) is 5.16. The van der Waals surface area contributed by atoms with Gasteiger partial charge in [-0.25, -0.2) is 0 Å². The molecule has 2 N–H and O–H groups in total. The summed E-state index contributed by atoms with van der Waals surface area (Å²) in [7, 11) is 1.53. The lowest BCUT2D eigenvalue weighted by molar-refractivity contribution is -0.113. The van der Waals surface area contributed by atoms with Gasteiger partial charge in [-0.3, -0.25) is 9.59 Å². The van der Waals surface area contributed by atoms with Gasteiger partial charge in [0.05, 0.1) is 17.7 Å². The first-order valence-corrected chi connectivity index (χ1v) is 9.47. The Morgan fingerprint density at radius 3 is 2.46 bits per heavy atom. The smallest absolute Gasteiger partial charge is 0.272 e. The van der Waals surface area contributed by atoms with Crippen molar-refractivity contribution < 1.29 is 14.3 Å². The molecule has 0 saturated heterocycles. The van der Waals surface area contributed by atoms with E-state index in [0.29, 0.717) is 16.3 Å². The molecule has 2 aromatic heterocycles. The fraction of sp³-hybridized carbons (Fsp3) is 0.0526. The molecule has 132 valence electrons. The Hall–Kier alpha value is -2.90. The lowest BCUT2D eigenvalue weighted by atomic mass is 10.2. The molecule has 0 bridgehead atoms. The molecule has 0 atom stereocenters. The first kappa shape index (κ1) is 17.9. The van der Waals surface area contributed by atoms with Crippen LogP contribution in [0.15, 0.2) is 65.0 Å². The van der Waals surface area contributed by atoms with E-state index in [9.17, 15) is 9.59 Å². The fourth-order valence-electron chi connectivity index (χ4n) is 2.20. The SMILES string of the molecule is COc1ccccc1NC(=O)/C(=C/c1cccs1)NC(=O)c1cccs1. The Labute approximate surface area is 158 Å². The molecule has 5 nitrogen and oxygen atoms in total. The molecular formula is C19H16N2O3S2. The molecule has 0 aliphatic heterocycles. The van der Waals surface area contributed by atoms with Crippen molar-refractivity contribution in [2.75, 3.05) is 12.4 Å². The van der Waals surface area contributed by atoms with Gasteiger partial charge in [-0.15, -0.1) is 22.7 Å². The Morgan fingerprint density at radius 1 is 1.00 bits per heavy atom. The van der Waals surface area contributed by atoms with Crippen molar-refractivity contribution in [3.63, 3.8) is 0 Å². The Kier molecular flexibility index (Phi) is 5.83. The molecule has 0 aliphatic carbocycles. The van der Waals surface area contributed by atoms with Gasteiger partial charge in [0, 0.05) is 4.88 Å². The molecule has 0 radical (unpaired) electrons. The monoisotopic (exact) mass is 384 g/mol. The number of carbonyl (C=O) groups excluding carboxylic acids is 2. The summed E-state index contributed by atoms with van der Waals surface area (Å²) in [6.45, 7) is 0. The van der Waals surface area contributed by atoms with Gasteiger partial charge >= 0.3 is 0 Å². The van der Waals surface area contributed by atoms with Gasteiger partial charge in [0.15, 0.2) is 0 Å². The molecule has 3 aromatic rings. The zero-order chi connectivity index (χ0) is 18.4. The number of ether oxygens (including phenoxy) is 1. The molecular weight excluding hydrogens is 368 g/mol. The van der Waals surface area contributed by atoms with E-state index in [1.54, 1.807) is 36.4 Å². The van der Waals surface area contributed by atoms with Crippen LogP contribution in [0.1, 0.15) is 14.5 Å². The number of hydrogen-bond donors (Lipinski definition) is 2. The van der Waals surface area contributed by atoms with Crippen molar-refractivity contribution in [3.05, 3.63) is 74.7 Å². The number of methoxy groups -OCH3 is 1. The number of amides is 2. The van der Waals surface area contributed by atoms with Crippen LogP contribution in [-0.4, -0.2) is 18.9 Å². The third kappa shape index (κ3) is 4.38. The van der Waals surface area contributed by atoms with E-state index in [1.807, 2.05) is 29.0 Å². The highest BCUT2D eigenvalue weighted by molar-refractivity contribution is 7.12. The number of benzene rings is 1. The summed E-state index contributed by atoms with van der Waals surface area (Å²) in [5, 5.41) is 9.20. The average Bonchev–Trinajstić information content (AvgIpc) is 3.35. The van der Waals surface area contributed by atoms with E-state index in [1.165, 1.54) is 29.8 Å². The van der Waals surface area contributed by atoms with Crippen LogP contribution in [0.25, 0.3) is 6.08 Å². The summed E-state index contributed by atoms with van der Waals surface area (Å²) in [6, 6.07) is 14.4. The number of anilines is 1. The largest absolute Gasteiger partial charge is 0.495 e. The topological polar surface area (TPSA) is 67.4 Å². The highest BCUT2D eigenvalue weighted by Crippen LogP contribution is 2.24. The summed E-state index contributed by atoms with van der Waals surface area (Å²) < 4.78 is 5.25. The highest BCUT2D eigenvalue weighted by Gasteiger charge is 2.17. The Bertz CT molecular complexity index is 916. The zero-order valence-electron chi connectivity index (χ0n) is 13.9. The molecule has 1 aromatic carbocycles. The molecule has 7 heteroatoms. The molecule has 3 rings (SSSR count). The number of hydrogen-bond acceptors (Lipinski definition) is 5. The van der Waals surface area contributed by atoms with Crippen LogP contribution in [0.5, 0.6) is 5.75 Å². The van der Waals surface area contributed by atoms with E-state index in [-0.39, 0.29) is 11.6 Å². The van der Waals surface area contributed by atoms with E-state index in [4.69, 9.17) is 4.74 Å². The third-order valence-electron chi connectivity index (χ3n) is 3.42. The number of para-hydroxylation sites is 2. The summed E-state index contributed by atoms with van der Waals surface area (Å²) in [6.07, 6.45) is 1.65. The summed E-state index contributed by atoms with van der Waals surface area (Å²) in [5.74, 6) is -0.202. The van der Waals surface area contributed by atoms with Gasteiger partial charge in [-0.05, 0) is 41.1 Å². The predicted octanol–water partition coefficient (Wildman–Crippen LogP) is 4.23. The van der Waals surface area contributed by atoms with Gasteiger partial charge in [0.1, 0.15) is 11.4 Å². The van der Waals surface area contributed by atoms with E-state index < -0.39 is 5.91 Å². The Balaban J connectivity index is 1.85. The minimum atomic E-state index is -0.423. The standard InChI is InChI=1S/C19H16N2O3S2/c1-24-16-8-3-2-7-14(16)20-18(22)15(12-13-6-4-10-25-13)21-19(23)17-9-5-11-26-17/h2-12H,1H3,(H,20,22)(H,21,23)/b15-12-. The molecule has 2 amide bonds. The molecule has 0 saturated carbocycles. The number of carbonyl (C=O) groups is 2. The molecule has 0 spiro atoms. The van der Waals surface area contributed by atoms with Crippen LogP contribution in [0, 0.1) is 0 Å². The average molecular weight is 384 g/mol. The third-order valence-corrected chi connectivity index (χ3v) is 5.11. The second kappa shape index (κ2) is 8.46. The van der Waals surface area contributed by atoms with Crippen LogP contribution in [0.2, 0.25) is 0 Å². The van der Waals surface area contributed by atoms with Gasteiger partial charge in [-0.2, -0.15) is 0 Å². The van der Waals surface area contributed by atoms with Crippen molar-refractivity contribution >= 4 is 46.3 Å². The Morgan fingerprint density at radius 2 is 1.77 bits per heavy atom. The van der Waals surface area contributed by atoms with Crippen molar-refractivity contribution in [1.29, 1.82) is 0 Å². The summed E-state index contributed by atoms with van der Waals surface area (Å²) in [4.78, 5) is 26.5. The maximum atomic E-state index is 12.8. The second-order valence-corrected chi connectivity index (χ2v) is 7.09. The van der Waals surface area contributed by atoms with Gasteiger partial charge < -0.3 is 15.4 Å². The lowest BCUT2D eigenvalue weighted by Gasteiger charge is -2.12. The maximum Gasteiger partial charge on any atom is 0.272 e. The predicted molar refractivity (Wildman–Crippen MR) is 106 cm³/mol. The normalized spacial score (nSPS) is 11.0. The van der Waals surface area contributed by atoms with Crippen LogP contribution in [0.3, 0.4) is 0 Å². The van der Waals surface area contributed by atoms with Gasteiger partial charge in [0.25, 0.3) is 11.8 Å². The molecule has 0 unspecified atom stereocenters. The minimum Gasteiger partial charge on any atom is -0.495 e. The lowest BCUT2D eigenvalue weighted by Crippen LogP contribution is -2.30. The first-order chi connectivity index (χ1) is 12.7. The molecule has 0 fully saturated rings. The zero-order valence-corrected chi connectivity index (χ0v) is 15.5. The van der Waals surface area contributed by atoms with Gasteiger partial charge in [0.2, 0.25) is 0 Å². The highest BCUT2D eigenvalue weighted by atomic mass is 32.1. The quantitative estimate of drug-likeness (QED) is 0.625. The van der Waals surface area contributed by atoms with Crippen molar-refractivity contribution in [1.82, 2.24) is 5.32 Å². The number of nitrogens with one attached hydrogen (secondary N) is 2. The van der Waals surface area contributed by atoms with Crippen molar-refractivity contribution in [2.45, 2.75) is 0 Å². The van der Waals surface area contributed by atoms with Crippen LogP contribution >= 0.6 is 22.7 Å². The first-order valence-electron chi connectivity index (χ1n) is 7.72.